The third kappa shape index (κ3) is 5.49. The van der Waals surface area contributed by atoms with Gasteiger partial charge in [0.05, 0.1) is 6.20 Å². The molecule has 0 amide bonds. The van der Waals surface area contributed by atoms with Crippen LogP contribution in [0.15, 0.2) is 40.9 Å². The Bertz CT molecular complexity index is 1450. The Morgan fingerprint density at radius 1 is 1.21 bits per heavy atom. The summed E-state index contributed by atoms with van der Waals surface area (Å²) in [6, 6.07) is 11.2. The maximum atomic E-state index is 12.0. The molecule has 0 atom stereocenters. The zero-order valence-corrected chi connectivity index (χ0v) is 20.0. The lowest BCUT2D eigenvalue weighted by Gasteiger charge is -2.26. The molecule has 1 aromatic carbocycles. The largest absolute Gasteiger partial charge is 0.324 e. The number of benzene rings is 1. The summed E-state index contributed by atoms with van der Waals surface area (Å²) in [5.74, 6) is 4.12. The molecule has 0 spiro atoms. The summed E-state index contributed by atoms with van der Waals surface area (Å²) < 4.78 is 16.1. The molecule has 4 rings (SSSR count). The van der Waals surface area contributed by atoms with E-state index in [9.17, 15) is 9.47 Å². The average molecular weight is 473 g/mol. The zero-order chi connectivity index (χ0) is 24.3. The van der Waals surface area contributed by atoms with Gasteiger partial charge in [-0.2, -0.15) is 14.6 Å². The van der Waals surface area contributed by atoms with Gasteiger partial charge in [0.25, 0.3) is 0 Å². The molecule has 0 unspecified atom stereocenters. The SMILES string of the molecule is C#Cc1cc(Nc2ncc(C#N)c(Nc3cccc(N=S(C)(C)=O)n3)n2)cc2c1CCN(C)C2. The molecule has 1 aliphatic heterocycles. The van der Waals surface area contributed by atoms with Crippen LogP contribution in [0.2, 0.25) is 0 Å². The fourth-order valence-electron chi connectivity index (χ4n) is 3.68. The van der Waals surface area contributed by atoms with Crippen molar-refractivity contribution in [3.63, 3.8) is 0 Å². The molecule has 0 bridgehead atoms. The van der Waals surface area contributed by atoms with Crippen molar-refractivity contribution in [3.05, 3.63) is 58.8 Å². The fraction of sp³-hybridized carbons (Fsp3) is 0.250. The molecule has 34 heavy (non-hydrogen) atoms. The minimum Gasteiger partial charge on any atom is -0.324 e. The maximum absolute atomic E-state index is 12.0. The second-order valence-corrected chi connectivity index (χ2v) is 10.8. The molecule has 0 saturated carbocycles. The normalized spacial score (nSPS) is 13.3. The molecule has 2 N–H and O–H groups in total. The van der Waals surface area contributed by atoms with Gasteiger partial charge < -0.3 is 15.5 Å². The highest BCUT2D eigenvalue weighted by Gasteiger charge is 2.18. The third-order valence-electron chi connectivity index (χ3n) is 5.14. The standard InChI is InChI=1S/C24H24N8OS/c1-5-16-11-19(12-17-15-32(2)10-9-20(16)17)27-24-26-14-18(13-25)23(30-24)29-21-7-6-8-22(28-21)31-34(3,4)33/h1,6-8,11-12,14H,9-10,15H2,2-4H3,(H2,26,27,28,29,30). The van der Waals surface area contributed by atoms with Gasteiger partial charge in [-0.25, -0.2) is 14.2 Å². The van der Waals surface area contributed by atoms with E-state index >= 15 is 0 Å². The number of nitrogens with one attached hydrogen (secondary N) is 2. The molecule has 0 fully saturated rings. The van der Waals surface area contributed by atoms with Gasteiger partial charge in [-0.3, -0.25) is 0 Å². The Balaban J connectivity index is 1.64. The first-order valence-electron chi connectivity index (χ1n) is 10.5. The summed E-state index contributed by atoms with van der Waals surface area (Å²) in [7, 11) is -0.278. The van der Waals surface area contributed by atoms with Crippen LogP contribution >= 0.6 is 0 Å². The van der Waals surface area contributed by atoms with E-state index in [0.717, 1.165) is 30.8 Å². The highest BCUT2D eigenvalue weighted by Crippen LogP contribution is 2.28. The Hall–Kier alpha value is -3.99. The number of pyridine rings is 1. The van der Waals surface area contributed by atoms with Crippen LogP contribution in [0.5, 0.6) is 0 Å². The van der Waals surface area contributed by atoms with Crippen LogP contribution < -0.4 is 10.6 Å². The number of hydrogen-bond donors (Lipinski definition) is 2. The van der Waals surface area contributed by atoms with Crippen LogP contribution in [-0.4, -0.2) is 50.2 Å². The monoisotopic (exact) mass is 472 g/mol. The predicted molar refractivity (Wildman–Crippen MR) is 134 cm³/mol. The summed E-state index contributed by atoms with van der Waals surface area (Å²) in [5, 5.41) is 15.8. The van der Waals surface area contributed by atoms with Crippen molar-refractivity contribution in [2.75, 3.05) is 36.7 Å². The van der Waals surface area contributed by atoms with Crippen molar-refractivity contribution in [1.82, 2.24) is 19.9 Å². The number of likely N-dealkylation sites (N-methyl/N-ethyl adjacent to an activating group) is 1. The molecular formula is C24H24N8OS. The van der Waals surface area contributed by atoms with Crippen LogP contribution in [-0.2, 0) is 22.7 Å². The van der Waals surface area contributed by atoms with E-state index in [1.807, 2.05) is 6.07 Å². The molecule has 3 heterocycles. The molecular weight excluding hydrogens is 448 g/mol. The first kappa shape index (κ1) is 23.2. The molecule has 10 heteroatoms. The number of aromatic nitrogens is 3. The molecule has 0 aliphatic carbocycles. The van der Waals surface area contributed by atoms with Gasteiger partial charge in [-0.1, -0.05) is 12.0 Å². The van der Waals surface area contributed by atoms with E-state index < -0.39 is 9.73 Å². The van der Waals surface area contributed by atoms with Crippen LogP contribution in [0.1, 0.15) is 22.3 Å². The Labute approximate surface area is 199 Å². The molecule has 1 aliphatic rings. The minimum absolute atomic E-state index is 0.251. The second kappa shape index (κ2) is 9.48. The average Bonchev–Trinajstić information content (AvgIpc) is 2.77. The highest BCUT2D eigenvalue weighted by molar-refractivity contribution is 7.92. The first-order chi connectivity index (χ1) is 16.2. The van der Waals surface area contributed by atoms with E-state index in [1.54, 1.807) is 18.2 Å². The number of anilines is 4. The summed E-state index contributed by atoms with van der Waals surface area (Å²) >= 11 is 0. The van der Waals surface area contributed by atoms with E-state index in [-0.39, 0.29) is 11.4 Å². The van der Waals surface area contributed by atoms with Crippen LogP contribution in [0.3, 0.4) is 0 Å². The smallest absolute Gasteiger partial charge is 0.229 e. The van der Waals surface area contributed by atoms with Crippen molar-refractivity contribution in [2.45, 2.75) is 13.0 Å². The van der Waals surface area contributed by atoms with Crippen molar-refractivity contribution < 1.29 is 4.21 Å². The van der Waals surface area contributed by atoms with Crippen molar-refractivity contribution in [2.24, 2.45) is 4.36 Å². The van der Waals surface area contributed by atoms with Crippen molar-refractivity contribution in [1.29, 1.82) is 5.26 Å². The molecule has 172 valence electrons. The summed E-state index contributed by atoms with van der Waals surface area (Å²) in [4.78, 5) is 15.3. The lowest BCUT2D eigenvalue weighted by atomic mass is 9.94. The predicted octanol–water partition coefficient (Wildman–Crippen LogP) is 3.56. The number of rotatable bonds is 5. The number of hydrogen-bond acceptors (Lipinski definition) is 9. The van der Waals surface area contributed by atoms with Crippen LogP contribution in [0.25, 0.3) is 0 Å². The van der Waals surface area contributed by atoms with E-state index in [4.69, 9.17) is 6.42 Å². The van der Waals surface area contributed by atoms with Crippen molar-refractivity contribution >= 4 is 38.8 Å². The lowest BCUT2D eigenvalue weighted by Crippen LogP contribution is -2.27. The number of nitrogens with zero attached hydrogens (tertiary/aromatic N) is 6. The van der Waals surface area contributed by atoms with Gasteiger partial charge >= 0.3 is 0 Å². The summed E-state index contributed by atoms with van der Waals surface area (Å²) in [6.07, 6.45) is 11.2. The first-order valence-corrected chi connectivity index (χ1v) is 12.8. The van der Waals surface area contributed by atoms with Gasteiger partial charge in [0.1, 0.15) is 17.5 Å². The maximum Gasteiger partial charge on any atom is 0.229 e. The minimum atomic E-state index is -2.36. The second-order valence-electron chi connectivity index (χ2n) is 8.26. The lowest BCUT2D eigenvalue weighted by molar-refractivity contribution is 0.313. The van der Waals surface area contributed by atoms with E-state index in [2.05, 4.69) is 60.0 Å². The van der Waals surface area contributed by atoms with Crippen LogP contribution in [0.4, 0.5) is 29.1 Å². The molecule has 9 nitrogen and oxygen atoms in total. The fourth-order valence-corrected chi connectivity index (χ4v) is 4.23. The molecule has 2 aromatic heterocycles. The Morgan fingerprint density at radius 2 is 2.03 bits per heavy atom. The van der Waals surface area contributed by atoms with Crippen molar-refractivity contribution in [3.8, 4) is 18.4 Å². The van der Waals surface area contributed by atoms with Gasteiger partial charge in [0.15, 0.2) is 11.6 Å². The van der Waals surface area contributed by atoms with Gasteiger partial charge in [-0.05, 0) is 48.9 Å². The quantitative estimate of drug-likeness (QED) is 0.541. The Kier molecular flexibility index (Phi) is 6.46. The number of terminal acetylenes is 1. The molecule has 3 aromatic rings. The summed E-state index contributed by atoms with van der Waals surface area (Å²) in [5.41, 5.74) is 4.26. The van der Waals surface area contributed by atoms with E-state index in [1.165, 1.54) is 29.8 Å². The molecule has 0 saturated heterocycles. The Morgan fingerprint density at radius 3 is 2.76 bits per heavy atom. The van der Waals surface area contributed by atoms with Gasteiger partial charge in [0.2, 0.25) is 5.95 Å². The third-order valence-corrected chi connectivity index (χ3v) is 5.77. The number of nitriles is 1. The van der Waals surface area contributed by atoms with Gasteiger partial charge in [-0.15, -0.1) is 6.42 Å². The highest BCUT2D eigenvalue weighted by atomic mass is 32.2. The topological polar surface area (TPSA) is 119 Å². The summed E-state index contributed by atoms with van der Waals surface area (Å²) in [6.45, 7) is 1.79. The van der Waals surface area contributed by atoms with E-state index in [0.29, 0.717) is 17.6 Å². The molecule has 0 radical (unpaired) electrons. The number of fused-ring (bicyclic) bond motifs is 1. The van der Waals surface area contributed by atoms with Crippen LogP contribution in [0, 0.1) is 23.7 Å². The zero-order valence-electron chi connectivity index (χ0n) is 19.2. The van der Waals surface area contributed by atoms with Gasteiger partial charge in [0, 0.05) is 46.6 Å².